The van der Waals surface area contributed by atoms with Crippen LogP contribution in [0, 0.1) is 5.92 Å². The van der Waals surface area contributed by atoms with Crippen LogP contribution in [0.25, 0.3) is 0 Å². The van der Waals surface area contributed by atoms with Gasteiger partial charge in [0.15, 0.2) is 0 Å². The van der Waals surface area contributed by atoms with E-state index in [9.17, 15) is 13.2 Å². The molecule has 0 aromatic heterocycles. The molecule has 1 aromatic rings. The molecule has 0 spiro atoms. The third-order valence-electron chi connectivity index (χ3n) is 2.50. The van der Waals surface area contributed by atoms with Crippen LogP contribution < -0.4 is 4.74 Å². The van der Waals surface area contributed by atoms with Crippen LogP contribution in [0.1, 0.15) is 18.9 Å². The van der Waals surface area contributed by atoms with Gasteiger partial charge in [-0.15, -0.1) is 0 Å². The summed E-state index contributed by atoms with van der Waals surface area (Å²) in [4.78, 5) is 0. The summed E-state index contributed by atoms with van der Waals surface area (Å²) in [7, 11) is 0. The van der Waals surface area contributed by atoms with Crippen LogP contribution in [0.3, 0.4) is 0 Å². The molecule has 0 saturated heterocycles. The Bertz CT molecular complexity index is 346. The molecule has 1 atom stereocenters. The normalized spacial score (nSPS) is 13.5. The van der Waals surface area contributed by atoms with Gasteiger partial charge in [-0.3, -0.25) is 0 Å². The molecule has 1 aromatic carbocycles. The molecule has 0 aliphatic carbocycles. The molecular formula is C12H15F3O2. The van der Waals surface area contributed by atoms with E-state index in [-0.39, 0.29) is 24.9 Å². The minimum atomic E-state index is -4.42. The van der Waals surface area contributed by atoms with Crippen molar-refractivity contribution in [3.8, 4) is 5.75 Å². The summed E-state index contributed by atoms with van der Waals surface area (Å²) in [6, 6.07) is 5.08. The molecule has 0 saturated carbocycles. The van der Waals surface area contributed by atoms with Gasteiger partial charge in [-0.05, 0) is 18.6 Å². The smallest absolute Gasteiger partial charge is 0.419 e. The van der Waals surface area contributed by atoms with Gasteiger partial charge < -0.3 is 9.84 Å². The number of benzene rings is 1. The van der Waals surface area contributed by atoms with E-state index in [1.807, 2.05) is 6.92 Å². The molecule has 5 heteroatoms. The molecule has 96 valence electrons. The maximum Gasteiger partial charge on any atom is 0.419 e. The molecule has 0 bridgehead atoms. The molecule has 0 fully saturated rings. The number of alkyl halides is 3. The van der Waals surface area contributed by atoms with Gasteiger partial charge in [0.25, 0.3) is 0 Å². The Balaban J connectivity index is 2.77. The van der Waals surface area contributed by atoms with Crippen molar-refractivity contribution in [2.45, 2.75) is 19.5 Å². The van der Waals surface area contributed by atoms with Gasteiger partial charge in [0.1, 0.15) is 5.75 Å². The fourth-order valence-electron chi connectivity index (χ4n) is 1.33. The van der Waals surface area contributed by atoms with E-state index in [1.165, 1.54) is 18.2 Å². The van der Waals surface area contributed by atoms with Gasteiger partial charge in [-0.25, -0.2) is 0 Å². The summed E-state index contributed by atoms with van der Waals surface area (Å²) in [5, 5.41) is 8.93. The Kier molecular flexibility index (Phi) is 4.81. The molecule has 1 rings (SSSR count). The molecule has 0 aliphatic heterocycles. The zero-order chi connectivity index (χ0) is 12.9. The maximum absolute atomic E-state index is 12.6. The highest BCUT2D eigenvalue weighted by molar-refractivity contribution is 5.35. The van der Waals surface area contributed by atoms with Crippen LogP contribution in [-0.2, 0) is 6.18 Å². The highest BCUT2D eigenvalue weighted by Gasteiger charge is 2.34. The van der Waals surface area contributed by atoms with E-state index >= 15 is 0 Å². The fraction of sp³-hybridized carbons (Fsp3) is 0.500. The number of hydrogen-bond acceptors (Lipinski definition) is 2. The number of hydrogen-bond donors (Lipinski definition) is 1. The van der Waals surface area contributed by atoms with E-state index in [0.717, 1.165) is 6.07 Å². The molecule has 2 nitrogen and oxygen atoms in total. The Morgan fingerprint density at radius 1 is 1.29 bits per heavy atom. The van der Waals surface area contributed by atoms with Crippen molar-refractivity contribution in [1.82, 2.24) is 0 Å². The van der Waals surface area contributed by atoms with Gasteiger partial charge >= 0.3 is 6.18 Å². The van der Waals surface area contributed by atoms with Crippen molar-refractivity contribution in [2.24, 2.45) is 5.92 Å². The summed E-state index contributed by atoms with van der Waals surface area (Å²) < 4.78 is 42.9. The Hall–Kier alpha value is -1.23. The highest BCUT2D eigenvalue weighted by atomic mass is 19.4. The predicted molar refractivity (Wildman–Crippen MR) is 57.8 cm³/mol. The second-order valence-corrected chi connectivity index (χ2v) is 3.76. The van der Waals surface area contributed by atoms with Crippen LogP contribution in [-0.4, -0.2) is 18.3 Å². The monoisotopic (exact) mass is 248 g/mol. The summed E-state index contributed by atoms with van der Waals surface area (Å²) >= 11 is 0. The van der Waals surface area contributed by atoms with Crippen LogP contribution in [0.5, 0.6) is 5.75 Å². The van der Waals surface area contributed by atoms with E-state index < -0.39 is 11.7 Å². The first-order valence-electron chi connectivity index (χ1n) is 5.39. The number of ether oxygens (including phenoxy) is 1. The van der Waals surface area contributed by atoms with Crippen molar-refractivity contribution in [2.75, 3.05) is 13.2 Å². The first-order valence-corrected chi connectivity index (χ1v) is 5.39. The zero-order valence-electron chi connectivity index (χ0n) is 9.50. The van der Waals surface area contributed by atoms with Gasteiger partial charge in [-0.1, -0.05) is 19.1 Å². The highest BCUT2D eigenvalue weighted by Crippen LogP contribution is 2.36. The Labute approximate surface area is 98.0 Å². The summed E-state index contributed by atoms with van der Waals surface area (Å²) in [6.45, 7) is 1.84. The van der Waals surface area contributed by atoms with Crippen LogP contribution in [0.2, 0.25) is 0 Å². The van der Waals surface area contributed by atoms with Crippen LogP contribution in [0.15, 0.2) is 24.3 Å². The van der Waals surface area contributed by atoms with Crippen molar-refractivity contribution < 1.29 is 23.0 Å². The summed E-state index contributed by atoms with van der Waals surface area (Å²) in [5.41, 5.74) is -0.784. The first-order chi connectivity index (χ1) is 7.99. The molecule has 0 amide bonds. The van der Waals surface area contributed by atoms with Crippen molar-refractivity contribution in [3.05, 3.63) is 29.8 Å². The second kappa shape index (κ2) is 5.91. The lowest BCUT2D eigenvalue weighted by Crippen LogP contribution is -2.17. The van der Waals surface area contributed by atoms with Gasteiger partial charge in [-0.2, -0.15) is 13.2 Å². The average molecular weight is 248 g/mol. The third kappa shape index (κ3) is 3.93. The van der Waals surface area contributed by atoms with Crippen molar-refractivity contribution in [1.29, 1.82) is 0 Å². The summed E-state index contributed by atoms with van der Waals surface area (Å²) in [6.07, 6.45) is -3.76. The third-order valence-corrected chi connectivity index (χ3v) is 2.50. The number of rotatable bonds is 5. The average Bonchev–Trinajstić information content (AvgIpc) is 2.29. The van der Waals surface area contributed by atoms with E-state index in [0.29, 0.717) is 6.42 Å². The SMILES string of the molecule is CCC(CO)COc1ccccc1C(F)(F)F. The van der Waals surface area contributed by atoms with Crippen LogP contribution >= 0.6 is 0 Å². The molecule has 1 unspecified atom stereocenters. The number of para-hydroxylation sites is 1. The molecule has 1 N–H and O–H groups in total. The molecule has 0 aliphatic rings. The molecule has 0 radical (unpaired) electrons. The van der Waals surface area contributed by atoms with Crippen molar-refractivity contribution in [3.63, 3.8) is 0 Å². The molecular weight excluding hydrogens is 233 g/mol. The van der Waals surface area contributed by atoms with E-state index in [4.69, 9.17) is 9.84 Å². The van der Waals surface area contributed by atoms with Gasteiger partial charge in [0, 0.05) is 12.5 Å². The Morgan fingerprint density at radius 2 is 1.94 bits per heavy atom. The minimum absolute atomic E-state index is 0.0834. The summed E-state index contributed by atoms with van der Waals surface area (Å²) in [5.74, 6) is -0.330. The van der Waals surface area contributed by atoms with E-state index in [2.05, 4.69) is 0 Å². The lowest BCUT2D eigenvalue weighted by Gasteiger charge is -2.16. The quantitative estimate of drug-likeness (QED) is 0.867. The standard InChI is InChI=1S/C12H15F3O2/c1-2-9(7-16)8-17-11-6-4-3-5-10(11)12(13,14)15/h3-6,9,16H,2,7-8H2,1H3. The topological polar surface area (TPSA) is 29.5 Å². The van der Waals surface area contributed by atoms with Crippen LogP contribution in [0.4, 0.5) is 13.2 Å². The van der Waals surface area contributed by atoms with Gasteiger partial charge in [0.2, 0.25) is 0 Å². The lowest BCUT2D eigenvalue weighted by atomic mass is 10.1. The predicted octanol–water partition coefficient (Wildman–Crippen LogP) is 3.10. The maximum atomic E-state index is 12.6. The lowest BCUT2D eigenvalue weighted by molar-refractivity contribution is -0.139. The minimum Gasteiger partial charge on any atom is -0.493 e. The fourth-order valence-corrected chi connectivity index (χ4v) is 1.33. The number of halogens is 3. The second-order valence-electron chi connectivity index (χ2n) is 3.76. The largest absolute Gasteiger partial charge is 0.493 e. The first kappa shape index (κ1) is 13.8. The number of aliphatic hydroxyl groups excluding tert-OH is 1. The van der Waals surface area contributed by atoms with Gasteiger partial charge in [0.05, 0.1) is 12.2 Å². The zero-order valence-corrected chi connectivity index (χ0v) is 9.50. The van der Waals surface area contributed by atoms with Crippen molar-refractivity contribution >= 4 is 0 Å². The van der Waals surface area contributed by atoms with E-state index in [1.54, 1.807) is 0 Å². The molecule has 0 heterocycles. The number of aliphatic hydroxyl groups is 1. The molecule has 17 heavy (non-hydrogen) atoms. The Morgan fingerprint density at radius 3 is 2.47 bits per heavy atom.